The van der Waals surface area contributed by atoms with Gasteiger partial charge in [-0.15, -0.1) is 0 Å². The molecule has 0 aromatic heterocycles. The van der Waals surface area contributed by atoms with E-state index >= 15 is 0 Å². The van der Waals surface area contributed by atoms with Crippen LogP contribution < -0.4 is 5.32 Å². The Kier molecular flexibility index (Phi) is 7.58. The number of benzene rings is 1. The molecule has 2 N–H and O–H groups in total. The minimum Gasteiger partial charge on any atom is -0.395 e. The van der Waals surface area contributed by atoms with E-state index in [9.17, 15) is 13.2 Å². The zero-order valence-electron chi connectivity index (χ0n) is 11.5. The third-order valence-electron chi connectivity index (χ3n) is 3.18. The predicted molar refractivity (Wildman–Crippen MR) is 72.3 cm³/mol. The highest BCUT2D eigenvalue weighted by Gasteiger charge is 2.17. The SMILES string of the molecule is CNC(CCN(CCO)CC(F)F)c1ccccc1F. The van der Waals surface area contributed by atoms with Crippen LogP contribution >= 0.6 is 0 Å². The zero-order valence-corrected chi connectivity index (χ0v) is 11.5. The van der Waals surface area contributed by atoms with Crippen molar-refractivity contribution >= 4 is 0 Å². The fourth-order valence-corrected chi connectivity index (χ4v) is 2.16. The number of aliphatic hydroxyl groups excluding tert-OH is 1. The van der Waals surface area contributed by atoms with Gasteiger partial charge in [0.1, 0.15) is 5.82 Å². The van der Waals surface area contributed by atoms with Crippen molar-refractivity contribution in [3.8, 4) is 0 Å². The number of nitrogens with zero attached hydrogens (tertiary/aromatic N) is 1. The predicted octanol–water partition coefficient (Wildman–Crippen LogP) is 2.04. The third-order valence-corrected chi connectivity index (χ3v) is 3.18. The van der Waals surface area contributed by atoms with E-state index in [1.54, 1.807) is 25.2 Å². The highest BCUT2D eigenvalue weighted by Crippen LogP contribution is 2.20. The number of rotatable bonds is 9. The van der Waals surface area contributed by atoms with Gasteiger partial charge in [-0.2, -0.15) is 0 Å². The number of halogens is 3. The van der Waals surface area contributed by atoms with Gasteiger partial charge in [-0.3, -0.25) is 4.90 Å². The van der Waals surface area contributed by atoms with E-state index in [4.69, 9.17) is 5.11 Å². The summed E-state index contributed by atoms with van der Waals surface area (Å²) < 4.78 is 38.5. The molecule has 0 radical (unpaired) electrons. The lowest BCUT2D eigenvalue weighted by molar-refractivity contribution is 0.0762. The highest BCUT2D eigenvalue weighted by atomic mass is 19.3. The summed E-state index contributed by atoms with van der Waals surface area (Å²) in [7, 11) is 1.71. The van der Waals surface area contributed by atoms with Gasteiger partial charge >= 0.3 is 0 Å². The molecule has 1 aromatic carbocycles. The molecule has 1 rings (SSSR count). The van der Waals surface area contributed by atoms with E-state index in [1.807, 2.05) is 0 Å². The molecular weight excluding hydrogens is 269 g/mol. The molecule has 114 valence electrons. The lowest BCUT2D eigenvalue weighted by Gasteiger charge is -2.24. The number of nitrogens with one attached hydrogen (secondary N) is 1. The lowest BCUT2D eigenvalue weighted by Crippen LogP contribution is -2.34. The zero-order chi connectivity index (χ0) is 15.0. The molecule has 0 heterocycles. The molecule has 0 bridgehead atoms. The van der Waals surface area contributed by atoms with Crippen LogP contribution in [0.1, 0.15) is 18.0 Å². The van der Waals surface area contributed by atoms with E-state index in [0.717, 1.165) is 0 Å². The minimum absolute atomic E-state index is 0.170. The molecule has 0 aliphatic heterocycles. The van der Waals surface area contributed by atoms with E-state index in [0.29, 0.717) is 18.5 Å². The van der Waals surface area contributed by atoms with Gasteiger partial charge in [-0.25, -0.2) is 13.2 Å². The molecule has 0 fully saturated rings. The fraction of sp³-hybridized carbons (Fsp3) is 0.571. The van der Waals surface area contributed by atoms with E-state index in [-0.39, 0.29) is 31.6 Å². The van der Waals surface area contributed by atoms with Crippen LogP contribution in [0.2, 0.25) is 0 Å². The summed E-state index contributed by atoms with van der Waals surface area (Å²) in [6.07, 6.45) is -1.95. The molecule has 0 amide bonds. The van der Waals surface area contributed by atoms with Crippen molar-refractivity contribution < 1.29 is 18.3 Å². The molecule has 0 saturated carbocycles. The molecule has 0 aliphatic rings. The molecule has 6 heteroatoms. The molecule has 0 spiro atoms. The number of hydrogen-bond donors (Lipinski definition) is 2. The van der Waals surface area contributed by atoms with Crippen LogP contribution in [0, 0.1) is 5.82 Å². The Hall–Kier alpha value is -1.11. The maximum absolute atomic E-state index is 13.7. The molecule has 1 aromatic rings. The average Bonchev–Trinajstić information content (AvgIpc) is 2.40. The van der Waals surface area contributed by atoms with Crippen molar-refractivity contribution in [3.05, 3.63) is 35.6 Å². The normalized spacial score (nSPS) is 13.2. The summed E-state index contributed by atoms with van der Waals surface area (Å²) in [5.41, 5.74) is 0.524. The molecule has 3 nitrogen and oxygen atoms in total. The van der Waals surface area contributed by atoms with Crippen LogP contribution in [0.25, 0.3) is 0 Å². The van der Waals surface area contributed by atoms with E-state index in [1.165, 1.54) is 11.0 Å². The average molecular weight is 290 g/mol. The summed E-state index contributed by atoms with van der Waals surface area (Å²) in [5, 5.41) is 11.9. The summed E-state index contributed by atoms with van der Waals surface area (Å²) in [4.78, 5) is 1.48. The fourth-order valence-electron chi connectivity index (χ4n) is 2.16. The number of hydrogen-bond acceptors (Lipinski definition) is 3. The Morgan fingerprint density at radius 2 is 1.95 bits per heavy atom. The number of aliphatic hydroxyl groups is 1. The van der Waals surface area contributed by atoms with Gasteiger partial charge < -0.3 is 10.4 Å². The van der Waals surface area contributed by atoms with Crippen LogP contribution in [0.15, 0.2) is 24.3 Å². The topological polar surface area (TPSA) is 35.5 Å². The van der Waals surface area contributed by atoms with Crippen molar-refractivity contribution in [1.82, 2.24) is 10.2 Å². The van der Waals surface area contributed by atoms with Gasteiger partial charge in [-0.05, 0) is 19.5 Å². The number of alkyl halides is 2. The van der Waals surface area contributed by atoms with Crippen molar-refractivity contribution in [2.45, 2.75) is 18.9 Å². The Bertz CT molecular complexity index is 390. The van der Waals surface area contributed by atoms with Gasteiger partial charge in [0.15, 0.2) is 0 Å². The van der Waals surface area contributed by atoms with Crippen LogP contribution in [-0.2, 0) is 0 Å². The summed E-state index contributed by atoms with van der Waals surface area (Å²) in [6, 6.07) is 6.17. The molecule has 1 unspecified atom stereocenters. The van der Waals surface area contributed by atoms with E-state index in [2.05, 4.69) is 5.32 Å². The Morgan fingerprint density at radius 1 is 1.25 bits per heavy atom. The Morgan fingerprint density at radius 3 is 2.50 bits per heavy atom. The second-order valence-electron chi connectivity index (χ2n) is 4.57. The first-order chi connectivity index (χ1) is 9.58. The van der Waals surface area contributed by atoms with Crippen LogP contribution in [0.3, 0.4) is 0 Å². The summed E-state index contributed by atoms with van der Waals surface area (Å²) >= 11 is 0. The second kappa shape index (κ2) is 8.94. The monoisotopic (exact) mass is 290 g/mol. The quantitative estimate of drug-likeness (QED) is 0.730. The summed E-state index contributed by atoms with van der Waals surface area (Å²) in [5.74, 6) is -0.311. The van der Waals surface area contributed by atoms with Gasteiger partial charge in [0.2, 0.25) is 0 Å². The lowest BCUT2D eigenvalue weighted by atomic mass is 10.0. The van der Waals surface area contributed by atoms with Crippen LogP contribution in [0.5, 0.6) is 0 Å². The van der Waals surface area contributed by atoms with Crippen molar-refractivity contribution in [2.75, 3.05) is 33.3 Å². The van der Waals surface area contributed by atoms with Gasteiger partial charge in [0.05, 0.1) is 13.2 Å². The maximum atomic E-state index is 13.7. The molecular formula is C14H21F3N2O. The summed E-state index contributed by atoms with van der Waals surface area (Å²) in [6.45, 7) is 0.00763. The second-order valence-corrected chi connectivity index (χ2v) is 4.57. The van der Waals surface area contributed by atoms with E-state index < -0.39 is 6.43 Å². The largest absolute Gasteiger partial charge is 0.395 e. The van der Waals surface area contributed by atoms with Gasteiger partial charge in [-0.1, -0.05) is 18.2 Å². The van der Waals surface area contributed by atoms with Gasteiger partial charge in [0, 0.05) is 24.7 Å². The molecule has 0 saturated heterocycles. The van der Waals surface area contributed by atoms with Crippen molar-refractivity contribution in [3.63, 3.8) is 0 Å². The minimum atomic E-state index is -2.44. The Labute approximate surface area is 117 Å². The van der Waals surface area contributed by atoms with Crippen LogP contribution in [-0.4, -0.2) is 49.7 Å². The smallest absolute Gasteiger partial charge is 0.251 e. The first-order valence-electron chi connectivity index (χ1n) is 6.61. The van der Waals surface area contributed by atoms with Crippen LogP contribution in [0.4, 0.5) is 13.2 Å². The first kappa shape index (κ1) is 16.9. The molecule has 20 heavy (non-hydrogen) atoms. The van der Waals surface area contributed by atoms with Crippen molar-refractivity contribution in [2.24, 2.45) is 0 Å². The highest BCUT2D eigenvalue weighted by molar-refractivity contribution is 5.21. The van der Waals surface area contributed by atoms with Gasteiger partial charge in [0.25, 0.3) is 6.43 Å². The molecule has 1 atom stereocenters. The standard InChI is InChI=1S/C14H21F3N2O/c1-18-13(11-4-2-3-5-12(11)15)6-7-19(8-9-20)10-14(16)17/h2-5,13-14,18,20H,6-10H2,1H3. The Balaban J connectivity index is 2.61. The third kappa shape index (κ3) is 5.48. The molecule has 0 aliphatic carbocycles. The maximum Gasteiger partial charge on any atom is 0.251 e. The van der Waals surface area contributed by atoms with Crippen molar-refractivity contribution in [1.29, 1.82) is 0 Å². The first-order valence-corrected chi connectivity index (χ1v) is 6.61.